The van der Waals surface area contributed by atoms with Gasteiger partial charge in [-0.05, 0) is 29.3 Å². The Morgan fingerprint density at radius 1 is 0.950 bits per heavy atom. The number of methoxy groups -OCH3 is 1. The number of fused-ring (bicyclic) bond motifs is 1. The fraction of sp³-hybridized carbons (Fsp3) is 0.118. The van der Waals surface area contributed by atoms with Crippen LogP contribution in [0, 0.1) is 0 Å². The minimum absolute atomic E-state index is 0.150. The zero-order valence-electron chi connectivity index (χ0n) is 11.1. The van der Waals surface area contributed by atoms with Crippen molar-refractivity contribution >= 4 is 22.5 Å². The Hall–Kier alpha value is -2.06. The van der Waals surface area contributed by atoms with Gasteiger partial charge in [0.2, 0.25) is 5.88 Å². The third kappa shape index (κ3) is 2.47. The highest BCUT2D eigenvalue weighted by molar-refractivity contribution is 6.22. The first kappa shape index (κ1) is 12.9. The minimum atomic E-state index is -0.150. The van der Waals surface area contributed by atoms with Crippen molar-refractivity contribution < 1.29 is 4.74 Å². The average molecular weight is 284 g/mol. The molecule has 0 spiro atoms. The van der Waals surface area contributed by atoms with Crippen LogP contribution in [-0.2, 0) is 0 Å². The second-order valence-corrected chi connectivity index (χ2v) is 5.02. The SMILES string of the molecule is COc1ccc2cc(C(Cl)c3ccccc3)ccc2n1. The second kappa shape index (κ2) is 5.51. The summed E-state index contributed by atoms with van der Waals surface area (Å²) < 4.78 is 5.13. The van der Waals surface area contributed by atoms with Gasteiger partial charge in [0.05, 0.1) is 18.0 Å². The largest absolute Gasteiger partial charge is 0.481 e. The summed E-state index contributed by atoms with van der Waals surface area (Å²) in [7, 11) is 1.62. The first-order valence-corrected chi connectivity index (χ1v) is 6.85. The molecule has 0 N–H and O–H groups in total. The fourth-order valence-electron chi connectivity index (χ4n) is 2.21. The van der Waals surface area contributed by atoms with E-state index in [0.29, 0.717) is 5.88 Å². The quantitative estimate of drug-likeness (QED) is 0.657. The van der Waals surface area contributed by atoms with Crippen LogP contribution in [-0.4, -0.2) is 12.1 Å². The second-order valence-electron chi connectivity index (χ2n) is 4.58. The van der Waals surface area contributed by atoms with E-state index in [2.05, 4.69) is 11.1 Å². The van der Waals surface area contributed by atoms with Crippen LogP contribution in [0.25, 0.3) is 10.9 Å². The molecule has 1 heterocycles. The maximum Gasteiger partial charge on any atom is 0.213 e. The Morgan fingerprint density at radius 2 is 1.75 bits per heavy atom. The molecular weight excluding hydrogens is 270 g/mol. The summed E-state index contributed by atoms with van der Waals surface area (Å²) in [6.45, 7) is 0. The molecule has 0 amide bonds. The van der Waals surface area contributed by atoms with Crippen LogP contribution >= 0.6 is 11.6 Å². The topological polar surface area (TPSA) is 22.1 Å². The molecule has 0 bridgehead atoms. The Bertz CT molecular complexity index is 727. The number of ether oxygens (including phenoxy) is 1. The fourth-order valence-corrected chi connectivity index (χ4v) is 2.49. The number of hydrogen-bond donors (Lipinski definition) is 0. The van der Waals surface area contributed by atoms with Crippen molar-refractivity contribution in [1.82, 2.24) is 4.98 Å². The highest BCUT2D eigenvalue weighted by atomic mass is 35.5. The molecule has 20 heavy (non-hydrogen) atoms. The van der Waals surface area contributed by atoms with E-state index < -0.39 is 0 Å². The zero-order valence-corrected chi connectivity index (χ0v) is 11.8. The Morgan fingerprint density at radius 3 is 2.50 bits per heavy atom. The lowest BCUT2D eigenvalue weighted by Crippen LogP contribution is -1.94. The number of nitrogens with zero attached hydrogens (tertiary/aromatic N) is 1. The Kier molecular flexibility index (Phi) is 3.57. The van der Waals surface area contributed by atoms with E-state index >= 15 is 0 Å². The summed E-state index contributed by atoms with van der Waals surface area (Å²) in [6.07, 6.45) is 0. The molecule has 0 aliphatic carbocycles. The number of hydrogen-bond acceptors (Lipinski definition) is 2. The molecule has 0 radical (unpaired) electrons. The first-order valence-electron chi connectivity index (χ1n) is 6.41. The third-order valence-electron chi connectivity index (χ3n) is 3.28. The normalized spacial score (nSPS) is 12.3. The van der Waals surface area contributed by atoms with Crippen LogP contribution in [0.2, 0.25) is 0 Å². The van der Waals surface area contributed by atoms with Crippen LogP contribution in [0.5, 0.6) is 5.88 Å². The number of pyridine rings is 1. The number of aromatic nitrogens is 1. The lowest BCUT2D eigenvalue weighted by atomic mass is 10.0. The summed E-state index contributed by atoms with van der Waals surface area (Å²) in [5.74, 6) is 0.621. The van der Waals surface area contributed by atoms with Crippen molar-refractivity contribution in [3.63, 3.8) is 0 Å². The van der Waals surface area contributed by atoms with Gasteiger partial charge in [-0.3, -0.25) is 0 Å². The molecule has 3 heteroatoms. The maximum atomic E-state index is 6.55. The van der Waals surface area contributed by atoms with Crippen LogP contribution < -0.4 is 4.74 Å². The van der Waals surface area contributed by atoms with E-state index in [1.807, 2.05) is 54.6 Å². The number of halogens is 1. The smallest absolute Gasteiger partial charge is 0.213 e. The molecule has 1 unspecified atom stereocenters. The lowest BCUT2D eigenvalue weighted by Gasteiger charge is -2.11. The van der Waals surface area contributed by atoms with Crippen molar-refractivity contribution in [2.45, 2.75) is 5.38 Å². The van der Waals surface area contributed by atoms with Gasteiger partial charge < -0.3 is 4.74 Å². The molecule has 0 aliphatic heterocycles. The van der Waals surface area contributed by atoms with Gasteiger partial charge in [-0.15, -0.1) is 11.6 Å². The molecule has 1 atom stereocenters. The Labute approximate surface area is 123 Å². The molecule has 0 saturated heterocycles. The standard InChI is InChI=1S/C17H14ClNO/c1-20-16-10-8-13-11-14(7-9-15(13)19-16)17(18)12-5-3-2-4-6-12/h2-11,17H,1H3. The van der Waals surface area contributed by atoms with Crippen molar-refractivity contribution in [1.29, 1.82) is 0 Å². The summed E-state index contributed by atoms with van der Waals surface area (Å²) in [5, 5.41) is 0.910. The molecule has 2 nitrogen and oxygen atoms in total. The van der Waals surface area contributed by atoms with E-state index in [1.54, 1.807) is 7.11 Å². The van der Waals surface area contributed by atoms with Crippen molar-refractivity contribution in [2.75, 3.05) is 7.11 Å². The van der Waals surface area contributed by atoms with Gasteiger partial charge in [0, 0.05) is 11.5 Å². The summed E-state index contributed by atoms with van der Waals surface area (Å²) in [5.41, 5.74) is 3.07. The first-order chi connectivity index (χ1) is 9.78. The third-order valence-corrected chi connectivity index (χ3v) is 3.79. The molecule has 0 fully saturated rings. The maximum absolute atomic E-state index is 6.55. The van der Waals surface area contributed by atoms with Crippen molar-refractivity contribution in [3.8, 4) is 5.88 Å². The zero-order chi connectivity index (χ0) is 13.9. The van der Waals surface area contributed by atoms with Gasteiger partial charge in [0.25, 0.3) is 0 Å². The van der Waals surface area contributed by atoms with Gasteiger partial charge in [0.1, 0.15) is 0 Å². The van der Waals surface area contributed by atoms with Crippen LogP contribution in [0.1, 0.15) is 16.5 Å². The number of rotatable bonds is 3. The van der Waals surface area contributed by atoms with Gasteiger partial charge in [-0.25, -0.2) is 4.98 Å². The summed E-state index contributed by atoms with van der Waals surface area (Å²) in [6, 6.07) is 20.0. The van der Waals surface area contributed by atoms with E-state index in [0.717, 1.165) is 22.0 Å². The van der Waals surface area contributed by atoms with E-state index in [1.165, 1.54) is 0 Å². The highest BCUT2D eigenvalue weighted by Gasteiger charge is 2.11. The molecule has 0 aliphatic rings. The summed E-state index contributed by atoms with van der Waals surface area (Å²) >= 11 is 6.55. The molecule has 100 valence electrons. The molecule has 3 aromatic rings. The molecule has 2 aromatic carbocycles. The lowest BCUT2D eigenvalue weighted by molar-refractivity contribution is 0.399. The van der Waals surface area contributed by atoms with Crippen molar-refractivity contribution in [3.05, 3.63) is 71.8 Å². The van der Waals surface area contributed by atoms with Crippen LogP contribution in [0.3, 0.4) is 0 Å². The number of benzene rings is 2. The monoisotopic (exact) mass is 283 g/mol. The molecule has 3 rings (SSSR count). The van der Waals surface area contributed by atoms with E-state index in [-0.39, 0.29) is 5.38 Å². The van der Waals surface area contributed by atoms with E-state index in [9.17, 15) is 0 Å². The van der Waals surface area contributed by atoms with Gasteiger partial charge >= 0.3 is 0 Å². The van der Waals surface area contributed by atoms with Gasteiger partial charge in [-0.1, -0.05) is 36.4 Å². The predicted molar refractivity (Wildman–Crippen MR) is 82.4 cm³/mol. The Balaban J connectivity index is 2.01. The molecular formula is C17H14ClNO. The predicted octanol–water partition coefficient (Wildman–Crippen LogP) is 4.57. The minimum Gasteiger partial charge on any atom is -0.481 e. The van der Waals surface area contributed by atoms with Gasteiger partial charge in [0.15, 0.2) is 0 Å². The van der Waals surface area contributed by atoms with Crippen LogP contribution in [0.4, 0.5) is 0 Å². The molecule has 1 aromatic heterocycles. The van der Waals surface area contributed by atoms with Gasteiger partial charge in [-0.2, -0.15) is 0 Å². The van der Waals surface area contributed by atoms with E-state index in [4.69, 9.17) is 16.3 Å². The molecule has 0 saturated carbocycles. The van der Waals surface area contributed by atoms with Crippen LogP contribution in [0.15, 0.2) is 60.7 Å². The number of alkyl halides is 1. The summed E-state index contributed by atoms with van der Waals surface area (Å²) in [4.78, 5) is 4.40. The highest BCUT2D eigenvalue weighted by Crippen LogP contribution is 2.30. The van der Waals surface area contributed by atoms with Crippen molar-refractivity contribution in [2.24, 2.45) is 0 Å². The average Bonchev–Trinajstić information content (AvgIpc) is 2.54.